The molecule has 0 bridgehead atoms. The molecule has 0 radical (unpaired) electrons. The first-order chi connectivity index (χ1) is 9.22. The van der Waals surface area contributed by atoms with E-state index in [1.54, 1.807) is 17.5 Å². The number of nitrogens with zero attached hydrogens (tertiary/aromatic N) is 3. The average molecular weight is 293 g/mol. The van der Waals surface area contributed by atoms with Crippen molar-refractivity contribution in [3.8, 4) is 11.4 Å². The summed E-state index contributed by atoms with van der Waals surface area (Å²) in [6.45, 7) is 0. The van der Waals surface area contributed by atoms with Gasteiger partial charge in [-0.05, 0) is 17.5 Å². The van der Waals surface area contributed by atoms with Crippen LogP contribution in [0.5, 0.6) is 0 Å². The van der Waals surface area contributed by atoms with Crippen molar-refractivity contribution in [2.24, 2.45) is 0 Å². The van der Waals surface area contributed by atoms with Crippen LogP contribution in [0.25, 0.3) is 21.6 Å². The first-order valence-corrected chi connectivity index (χ1v) is 7.11. The van der Waals surface area contributed by atoms with Crippen LogP contribution in [0.2, 0.25) is 0 Å². The molecule has 0 aliphatic heterocycles. The molecular formula is C11H7N3O3S2. The van der Waals surface area contributed by atoms with Crippen LogP contribution >= 0.6 is 23.1 Å². The first kappa shape index (κ1) is 12.1. The second-order valence-corrected chi connectivity index (χ2v) is 5.47. The van der Waals surface area contributed by atoms with Crippen molar-refractivity contribution in [2.45, 2.75) is 5.22 Å². The lowest BCUT2D eigenvalue weighted by molar-refractivity contribution is -0.133. The van der Waals surface area contributed by atoms with Gasteiger partial charge in [0.1, 0.15) is 5.75 Å². The number of carbonyl (C=O) groups is 1. The number of pyridine rings is 1. The van der Waals surface area contributed by atoms with Gasteiger partial charge in [0, 0.05) is 11.8 Å². The quantitative estimate of drug-likeness (QED) is 0.739. The summed E-state index contributed by atoms with van der Waals surface area (Å²) in [5, 5.41) is 14.6. The van der Waals surface area contributed by atoms with Crippen LogP contribution in [0.3, 0.4) is 0 Å². The Morgan fingerprint density at radius 3 is 3.26 bits per heavy atom. The number of hydrogen-bond donors (Lipinski definition) is 1. The molecule has 0 fully saturated rings. The van der Waals surface area contributed by atoms with Crippen LogP contribution in [0, 0.1) is 0 Å². The standard InChI is InChI=1S/C11H7N3O3S2/c15-9(16)5-19-11-13-10(14-17-11)6-3-8-7(12-4-6)1-2-18-8/h1-4H,5H2,(H,15,16). The predicted molar refractivity (Wildman–Crippen MR) is 71.3 cm³/mol. The molecular weight excluding hydrogens is 286 g/mol. The van der Waals surface area contributed by atoms with Gasteiger partial charge in [-0.3, -0.25) is 9.78 Å². The van der Waals surface area contributed by atoms with Crippen molar-refractivity contribution in [3.05, 3.63) is 23.7 Å². The van der Waals surface area contributed by atoms with Crippen molar-refractivity contribution >= 4 is 39.3 Å². The largest absolute Gasteiger partial charge is 0.481 e. The van der Waals surface area contributed by atoms with Gasteiger partial charge in [0.15, 0.2) is 0 Å². The monoisotopic (exact) mass is 293 g/mol. The Morgan fingerprint density at radius 1 is 1.53 bits per heavy atom. The molecule has 0 unspecified atom stereocenters. The van der Waals surface area contributed by atoms with Gasteiger partial charge >= 0.3 is 5.97 Å². The molecule has 3 heterocycles. The summed E-state index contributed by atoms with van der Waals surface area (Å²) in [5.74, 6) is -0.619. The maximum absolute atomic E-state index is 10.4. The second kappa shape index (κ2) is 4.98. The fraction of sp³-hybridized carbons (Fsp3) is 0.0909. The molecule has 3 rings (SSSR count). The molecule has 0 aliphatic carbocycles. The Labute approximate surface area is 115 Å². The zero-order valence-corrected chi connectivity index (χ0v) is 11.1. The molecule has 0 amide bonds. The Balaban J connectivity index is 1.86. The highest BCUT2D eigenvalue weighted by Crippen LogP contribution is 2.25. The molecule has 0 aromatic carbocycles. The van der Waals surface area contributed by atoms with Gasteiger partial charge in [0.2, 0.25) is 5.82 Å². The topological polar surface area (TPSA) is 89.1 Å². The number of carboxylic acid groups (broad SMARTS) is 1. The first-order valence-electron chi connectivity index (χ1n) is 5.24. The van der Waals surface area contributed by atoms with Crippen molar-refractivity contribution in [1.82, 2.24) is 15.1 Å². The van der Waals surface area contributed by atoms with Crippen LogP contribution in [-0.2, 0) is 4.79 Å². The third-order valence-corrected chi connectivity index (χ3v) is 3.94. The van der Waals surface area contributed by atoms with E-state index in [4.69, 9.17) is 9.63 Å². The van der Waals surface area contributed by atoms with Crippen LogP contribution in [-0.4, -0.2) is 32.0 Å². The molecule has 0 aliphatic rings. The van der Waals surface area contributed by atoms with E-state index in [-0.39, 0.29) is 11.0 Å². The van der Waals surface area contributed by atoms with Gasteiger partial charge in [-0.1, -0.05) is 16.9 Å². The lowest BCUT2D eigenvalue weighted by Gasteiger charge is -1.93. The molecule has 8 heteroatoms. The highest BCUT2D eigenvalue weighted by Gasteiger charge is 2.11. The highest BCUT2D eigenvalue weighted by atomic mass is 32.2. The fourth-order valence-electron chi connectivity index (χ4n) is 1.48. The summed E-state index contributed by atoms with van der Waals surface area (Å²) in [4.78, 5) is 18.9. The molecule has 3 aromatic rings. The van der Waals surface area contributed by atoms with Gasteiger partial charge < -0.3 is 9.63 Å². The molecule has 0 spiro atoms. The van der Waals surface area contributed by atoms with E-state index in [1.807, 2.05) is 17.5 Å². The van der Waals surface area contributed by atoms with Gasteiger partial charge in [-0.2, -0.15) is 4.98 Å². The predicted octanol–water partition coefficient (Wildman–Crippen LogP) is 2.52. The van der Waals surface area contributed by atoms with E-state index in [0.717, 1.165) is 27.5 Å². The number of carboxylic acids is 1. The molecule has 1 N–H and O–H groups in total. The van der Waals surface area contributed by atoms with E-state index < -0.39 is 5.97 Å². The van der Waals surface area contributed by atoms with Crippen LogP contribution < -0.4 is 0 Å². The van der Waals surface area contributed by atoms with Crippen molar-refractivity contribution in [1.29, 1.82) is 0 Å². The summed E-state index contributed by atoms with van der Waals surface area (Å²) >= 11 is 2.58. The minimum absolute atomic E-state index is 0.107. The van der Waals surface area contributed by atoms with Crippen LogP contribution in [0.1, 0.15) is 0 Å². The molecule has 19 heavy (non-hydrogen) atoms. The van der Waals surface area contributed by atoms with Gasteiger partial charge in [-0.15, -0.1) is 11.3 Å². The normalized spacial score (nSPS) is 10.9. The number of thiophene rings is 1. The van der Waals surface area contributed by atoms with E-state index in [9.17, 15) is 4.79 Å². The number of fused-ring (bicyclic) bond motifs is 1. The van der Waals surface area contributed by atoms with Crippen molar-refractivity contribution in [2.75, 3.05) is 5.75 Å². The minimum atomic E-state index is -0.925. The lowest BCUT2D eigenvalue weighted by Crippen LogP contribution is -1.97. The zero-order chi connectivity index (χ0) is 13.2. The molecule has 0 atom stereocenters. The number of rotatable bonds is 4. The molecule has 0 saturated carbocycles. The number of aromatic nitrogens is 3. The lowest BCUT2D eigenvalue weighted by atomic mass is 10.2. The van der Waals surface area contributed by atoms with Crippen molar-refractivity contribution in [3.63, 3.8) is 0 Å². The molecule has 6 nitrogen and oxygen atoms in total. The molecule has 96 valence electrons. The zero-order valence-electron chi connectivity index (χ0n) is 9.44. The smallest absolute Gasteiger partial charge is 0.314 e. The van der Waals surface area contributed by atoms with Gasteiger partial charge in [-0.25, -0.2) is 0 Å². The fourth-order valence-corrected chi connectivity index (χ4v) is 2.75. The summed E-state index contributed by atoms with van der Waals surface area (Å²) in [6.07, 6.45) is 1.67. The maximum Gasteiger partial charge on any atom is 0.314 e. The third kappa shape index (κ3) is 2.59. The summed E-state index contributed by atoms with van der Waals surface area (Å²) in [7, 11) is 0. The number of hydrogen-bond acceptors (Lipinski definition) is 7. The summed E-state index contributed by atoms with van der Waals surface area (Å²) in [5.41, 5.74) is 1.68. The summed E-state index contributed by atoms with van der Waals surface area (Å²) < 4.78 is 6.02. The Morgan fingerprint density at radius 2 is 2.42 bits per heavy atom. The highest BCUT2D eigenvalue weighted by molar-refractivity contribution is 7.99. The Hall–Kier alpha value is -1.93. The molecule has 0 saturated heterocycles. The van der Waals surface area contributed by atoms with Gasteiger partial charge in [0.05, 0.1) is 10.2 Å². The second-order valence-electron chi connectivity index (χ2n) is 3.59. The average Bonchev–Trinajstić information content (AvgIpc) is 3.04. The van der Waals surface area contributed by atoms with E-state index in [0.29, 0.717) is 5.82 Å². The van der Waals surface area contributed by atoms with Crippen LogP contribution in [0.15, 0.2) is 33.5 Å². The van der Waals surface area contributed by atoms with Gasteiger partial charge in [0.25, 0.3) is 5.22 Å². The number of thioether (sulfide) groups is 1. The third-order valence-electron chi connectivity index (χ3n) is 2.29. The molecule has 3 aromatic heterocycles. The van der Waals surface area contributed by atoms with E-state index in [2.05, 4.69) is 15.1 Å². The Bertz CT molecular complexity index is 737. The summed E-state index contributed by atoms with van der Waals surface area (Å²) in [6, 6.07) is 3.87. The number of aliphatic carboxylic acids is 1. The minimum Gasteiger partial charge on any atom is -0.481 e. The maximum atomic E-state index is 10.4. The SMILES string of the molecule is O=C(O)CSc1nc(-c2cnc3ccsc3c2)no1. The van der Waals surface area contributed by atoms with Crippen molar-refractivity contribution < 1.29 is 14.4 Å². The van der Waals surface area contributed by atoms with E-state index >= 15 is 0 Å². The Kier molecular flexibility index (Phi) is 3.18. The van der Waals surface area contributed by atoms with E-state index in [1.165, 1.54) is 0 Å². The van der Waals surface area contributed by atoms with Crippen LogP contribution in [0.4, 0.5) is 0 Å².